The van der Waals surface area contributed by atoms with Crippen molar-refractivity contribution in [1.82, 2.24) is 5.32 Å². The number of methoxy groups -OCH3 is 1. The van der Waals surface area contributed by atoms with Crippen LogP contribution in [0.15, 0.2) is 46.9 Å². The van der Waals surface area contributed by atoms with Crippen molar-refractivity contribution in [2.24, 2.45) is 0 Å². The number of nitriles is 1. The van der Waals surface area contributed by atoms with E-state index < -0.39 is 0 Å². The predicted octanol–water partition coefficient (Wildman–Crippen LogP) is 3.47. The first-order valence-corrected chi connectivity index (χ1v) is 8.77. The molecule has 0 unspecified atom stereocenters. The zero-order valence-corrected chi connectivity index (χ0v) is 16.3. The average Bonchev–Trinajstić information content (AvgIpc) is 2.63. The van der Waals surface area contributed by atoms with Gasteiger partial charge < -0.3 is 14.8 Å². The molecule has 2 aromatic rings. The molecule has 0 aliphatic heterocycles. The minimum atomic E-state index is -0.358. The van der Waals surface area contributed by atoms with Crippen molar-refractivity contribution >= 4 is 44.9 Å². The standard InChI is InChI=1S/C18H16BrN3O3S/c1-24-7-8-25-16-6-5-13(10-15(16)19)17(23)22-18(26)21-14-4-2-3-12(9-14)11-20/h2-6,9-10H,7-8H2,1H3,(H2,21,22,23,26). The van der Waals surface area contributed by atoms with E-state index in [4.69, 9.17) is 27.0 Å². The molecular weight excluding hydrogens is 418 g/mol. The highest BCUT2D eigenvalue weighted by Gasteiger charge is 2.11. The molecule has 0 radical (unpaired) electrons. The highest BCUT2D eigenvalue weighted by atomic mass is 79.9. The molecule has 0 saturated heterocycles. The lowest BCUT2D eigenvalue weighted by Crippen LogP contribution is -2.34. The van der Waals surface area contributed by atoms with Crippen molar-refractivity contribution in [3.63, 3.8) is 0 Å². The third kappa shape index (κ3) is 5.81. The molecule has 0 aliphatic carbocycles. The number of rotatable bonds is 6. The van der Waals surface area contributed by atoms with Crippen LogP contribution in [0, 0.1) is 11.3 Å². The lowest BCUT2D eigenvalue weighted by molar-refractivity contribution is 0.0977. The third-order valence-electron chi connectivity index (χ3n) is 3.22. The molecule has 1 amide bonds. The Kier molecular flexibility index (Phi) is 7.53. The predicted molar refractivity (Wildman–Crippen MR) is 106 cm³/mol. The second-order valence-corrected chi connectivity index (χ2v) is 6.35. The summed E-state index contributed by atoms with van der Waals surface area (Å²) in [5, 5.41) is 14.5. The van der Waals surface area contributed by atoms with Crippen molar-refractivity contribution in [2.45, 2.75) is 0 Å². The highest BCUT2D eigenvalue weighted by molar-refractivity contribution is 9.10. The number of benzene rings is 2. The number of hydrogen-bond donors (Lipinski definition) is 2. The summed E-state index contributed by atoms with van der Waals surface area (Å²) in [6.07, 6.45) is 0. The van der Waals surface area contributed by atoms with Crippen molar-refractivity contribution in [1.29, 1.82) is 5.26 Å². The molecule has 2 rings (SSSR count). The van der Waals surface area contributed by atoms with Crippen LogP contribution in [-0.2, 0) is 4.74 Å². The van der Waals surface area contributed by atoms with Gasteiger partial charge in [0.2, 0.25) is 0 Å². The van der Waals surface area contributed by atoms with Crippen molar-refractivity contribution in [3.8, 4) is 11.8 Å². The molecule has 0 fully saturated rings. The van der Waals surface area contributed by atoms with Crippen LogP contribution in [0.4, 0.5) is 5.69 Å². The maximum atomic E-state index is 12.3. The summed E-state index contributed by atoms with van der Waals surface area (Å²) in [5.74, 6) is 0.260. The van der Waals surface area contributed by atoms with Gasteiger partial charge in [-0.2, -0.15) is 5.26 Å². The molecule has 0 atom stereocenters. The van der Waals surface area contributed by atoms with Gasteiger partial charge in [-0.15, -0.1) is 0 Å². The third-order valence-corrected chi connectivity index (χ3v) is 4.04. The van der Waals surface area contributed by atoms with Gasteiger partial charge in [0.25, 0.3) is 5.91 Å². The monoisotopic (exact) mass is 433 g/mol. The van der Waals surface area contributed by atoms with E-state index in [1.807, 2.05) is 6.07 Å². The Morgan fingerprint density at radius 1 is 1.27 bits per heavy atom. The molecule has 2 N–H and O–H groups in total. The summed E-state index contributed by atoms with van der Waals surface area (Å²) in [7, 11) is 1.60. The zero-order valence-electron chi connectivity index (χ0n) is 13.9. The topological polar surface area (TPSA) is 83.4 Å². The summed E-state index contributed by atoms with van der Waals surface area (Å²) in [6, 6.07) is 13.8. The Morgan fingerprint density at radius 3 is 2.77 bits per heavy atom. The van der Waals surface area contributed by atoms with Gasteiger partial charge in [-0.3, -0.25) is 10.1 Å². The van der Waals surface area contributed by atoms with E-state index in [-0.39, 0.29) is 11.0 Å². The minimum Gasteiger partial charge on any atom is -0.490 e. The summed E-state index contributed by atoms with van der Waals surface area (Å²) < 4.78 is 11.1. The van der Waals surface area contributed by atoms with Gasteiger partial charge in [0.15, 0.2) is 5.11 Å². The van der Waals surface area contributed by atoms with E-state index in [1.54, 1.807) is 49.6 Å². The molecule has 0 aromatic heterocycles. The highest BCUT2D eigenvalue weighted by Crippen LogP contribution is 2.26. The lowest BCUT2D eigenvalue weighted by Gasteiger charge is -2.11. The van der Waals surface area contributed by atoms with Crippen LogP contribution in [0.5, 0.6) is 5.75 Å². The number of anilines is 1. The Morgan fingerprint density at radius 2 is 2.08 bits per heavy atom. The van der Waals surface area contributed by atoms with E-state index >= 15 is 0 Å². The Hall–Kier alpha value is -2.47. The molecule has 0 saturated carbocycles. The van der Waals surface area contributed by atoms with E-state index in [2.05, 4.69) is 26.6 Å². The molecule has 0 heterocycles. The summed E-state index contributed by atoms with van der Waals surface area (Å²) in [5.41, 5.74) is 1.54. The van der Waals surface area contributed by atoms with E-state index in [0.29, 0.717) is 40.3 Å². The van der Waals surface area contributed by atoms with Crippen LogP contribution < -0.4 is 15.4 Å². The van der Waals surface area contributed by atoms with Gasteiger partial charge in [0, 0.05) is 18.4 Å². The first-order valence-electron chi connectivity index (χ1n) is 7.57. The number of thiocarbonyl (C=S) groups is 1. The number of nitrogens with one attached hydrogen (secondary N) is 2. The molecule has 134 valence electrons. The number of ether oxygens (including phenoxy) is 2. The fourth-order valence-electron chi connectivity index (χ4n) is 2.00. The molecule has 8 heteroatoms. The molecule has 26 heavy (non-hydrogen) atoms. The molecule has 2 aromatic carbocycles. The number of hydrogen-bond acceptors (Lipinski definition) is 5. The van der Waals surface area contributed by atoms with Gasteiger partial charge in [-0.25, -0.2) is 0 Å². The Labute approximate surface area is 165 Å². The maximum absolute atomic E-state index is 12.3. The van der Waals surface area contributed by atoms with Crippen LogP contribution in [0.3, 0.4) is 0 Å². The maximum Gasteiger partial charge on any atom is 0.257 e. The van der Waals surface area contributed by atoms with Gasteiger partial charge >= 0.3 is 0 Å². The number of halogens is 1. The van der Waals surface area contributed by atoms with E-state index in [9.17, 15) is 4.79 Å². The van der Waals surface area contributed by atoms with Crippen LogP contribution in [0.2, 0.25) is 0 Å². The second-order valence-electron chi connectivity index (χ2n) is 5.09. The molecule has 0 bridgehead atoms. The van der Waals surface area contributed by atoms with Gasteiger partial charge in [-0.1, -0.05) is 6.07 Å². The van der Waals surface area contributed by atoms with E-state index in [1.165, 1.54) is 0 Å². The van der Waals surface area contributed by atoms with Crippen LogP contribution in [-0.4, -0.2) is 31.3 Å². The summed E-state index contributed by atoms with van der Waals surface area (Å²) in [6.45, 7) is 0.887. The molecule has 6 nitrogen and oxygen atoms in total. The van der Waals surface area contributed by atoms with Crippen LogP contribution in [0.1, 0.15) is 15.9 Å². The van der Waals surface area contributed by atoms with Crippen LogP contribution in [0.25, 0.3) is 0 Å². The zero-order chi connectivity index (χ0) is 18.9. The largest absolute Gasteiger partial charge is 0.490 e. The van der Waals surface area contributed by atoms with Crippen LogP contribution >= 0.6 is 28.1 Å². The number of nitrogens with zero attached hydrogens (tertiary/aromatic N) is 1. The quantitative estimate of drug-likeness (QED) is 0.535. The second kappa shape index (κ2) is 9.87. The van der Waals surface area contributed by atoms with Gasteiger partial charge in [0.1, 0.15) is 12.4 Å². The normalized spacial score (nSPS) is 9.88. The number of amides is 1. The fraction of sp³-hybridized carbons (Fsp3) is 0.167. The first-order chi connectivity index (χ1) is 12.5. The Balaban J connectivity index is 1.97. The summed E-state index contributed by atoms with van der Waals surface area (Å²) in [4.78, 5) is 12.3. The minimum absolute atomic E-state index is 0.140. The van der Waals surface area contributed by atoms with Crippen molar-refractivity contribution in [3.05, 3.63) is 58.1 Å². The Bertz CT molecular complexity index is 852. The number of carbonyl (C=O) groups is 1. The van der Waals surface area contributed by atoms with Crippen molar-refractivity contribution in [2.75, 3.05) is 25.6 Å². The SMILES string of the molecule is COCCOc1ccc(C(=O)NC(=S)Nc2cccc(C#N)c2)cc1Br. The number of carbonyl (C=O) groups excluding carboxylic acids is 1. The summed E-state index contributed by atoms with van der Waals surface area (Å²) >= 11 is 8.52. The lowest BCUT2D eigenvalue weighted by atomic mass is 10.2. The smallest absolute Gasteiger partial charge is 0.257 e. The molecule has 0 spiro atoms. The van der Waals surface area contributed by atoms with E-state index in [0.717, 1.165) is 0 Å². The molecule has 0 aliphatic rings. The molecular formula is C18H16BrN3O3S. The fourth-order valence-corrected chi connectivity index (χ4v) is 2.70. The van der Waals surface area contributed by atoms with Gasteiger partial charge in [-0.05, 0) is 64.5 Å². The van der Waals surface area contributed by atoms with Gasteiger partial charge in [0.05, 0.1) is 22.7 Å². The average molecular weight is 434 g/mol. The van der Waals surface area contributed by atoms with Crippen molar-refractivity contribution < 1.29 is 14.3 Å². The first kappa shape index (κ1) is 19.8.